The quantitative estimate of drug-likeness (QED) is 0.504. The van der Waals surface area contributed by atoms with Crippen molar-refractivity contribution in [3.63, 3.8) is 0 Å². The van der Waals surface area contributed by atoms with Crippen molar-refractivity contribution in [2.24, 2.45) is 0 Å². The number of hydrogen-bond donors (Lipinski definition) is 3. The Labute approximate surface area is 173 Å². The van der Waals surface area contributed by atoms with Crippen molar-refractivity contribution < 1.29 is 23.5 Å². The van der Waals surface area contributed by atoms with Crippen LogP contribution in [0.3, 0.4) is 0 Å². The van der Waals surface area contributed by atoms with Gasteiger partial charge in [-0.15, -0.1) is 0 Å². The molecule has 2 aromatic carbocycles. The summed E-state index contributed by atoms with van der Waals surface area (Å²) in [6.45, 7) is -0.0155. The van der Waals surface area contributed by atoms with E-state index in [4.69, 9.17) is 9.15 Å². The molecular formula is C22H21N3O5. The van der Waals surface area contributed by atoms with Crippen molar-refractivity contribution in [3.05, 3.63) is 84.3 Å². The van der Waals surface area contributed by atoms with Crippen LogP contribution in [-0.2, 0) is 16.1 Å². The Hall–Kier alpha value is -4.07. The number of benzene rings is 2. The lowest BCUT2D eigenvalue weighted by atomic mass is 10.2. The molecule has 30 heavy (non-hydrogen) atoms. The van der Waals surface area contributed by atoms with E-state index in [1.807, 2.05) is 6.07 Å². The molecule has 0 radical (unpaired) electrons. The van der Waals surface area contributed by atoms with Gasteiger partial charge < -0.3 is 25.1 Å². The first-order valence-electron chi connectivity index (χ1n) is 9.25. The summed E-state index contributed by atoms with van der Waals surface area (Å²) in [6.07, 6.45) is 1.43. The monoisotopic (exact) mass is 407 g/mol. The first-order valence-corrected chi connectivity index (χ1v) is 9.25. The SMILES string of the molecule is O=C(CNC(=O)COc1ccccc1)NCc1ccc(NC(=O)c2ccco2)cc1. The molecule has 0 atom stereocenters. The van der Waals surface area contributed by atoms with E-state index >= 15 is 0 Å². The maximum Gasteiger partial charge on any atom is 0.291 e. The molecule has 0 aliphatic rings. The summed E-state index contributed by atoms with van der Waals surface area (Å²) in [5.74, 6) is -0.236. The second kappa shape index (κ2) is 10.5. The van der Waals surface area contributed by atoms with Crippen LogP contribution in [-0.4, -0.2) is 30.9 Å². The fourth-order valence-electron chi connectivity index (χ4n) is 2.47. The maximum absolute atomic E-state index is 11.9. The molecule has 0 spiro atoms. The summed E-state index contributed by atoms with van der Waals surface area (Å²) in [5, 5.41) is 7.93. The summed E-state index contributed by atoms with van der Waals surface area (Å²) in [5.41, 5.74) is 1.45. The second-order valence-electron chi connectivity index (χ2n) is 6.28. The fourth-order valence-corrected chi connectivity index (χ4v) is 2.47. The molecule has 3 amide bonds. The minimum absolute atomic E-state index is 0.145. The van der Waals surface area contributed by atoms with Crippen LogP contribution < -0.4 is 20.7 Å². The molecule has 0 aliphatic carbocycles. The van der Waals surface area contributed by atoms with Gasteiger partial charge in [-0.3, -0.25) is 14.4 Å². The molecule has 0 saturated carbocycles. The Morgan fingerprint density at radius 3 is 2.30 bits per heavy atom. The second-order valence-corrected chi connectivity index (χ2v) is 6.28. The van der Waals surface area contributed by atoms with E-state index < -0.39 is 0 Å². The maximum atomic E-state index is 11.9. The lowest BCUT2D eigenvalue weighted by Crippen LogP contribution is -2.38. The van der Waals surface area contributed by atoms with Crippen molar-refractivity contribution >= 4 is 23.4 Å². The van der Waals surface area contributed by atoms with Crippen molar-refractivity contribution in [3.8, 4) is 5.75 Å². The highest BCUT2D eigenvalue weighted by atomic mass is 16.5. The molecule has 154 valence electrons. The van der Waals surface area contributed by atoms with Gasteiger partial charge in [-0.05, 0) is 42.0 Å². The fraction of sp³-hybridized carbons (Fsp3) is 0.136. The van der Waals surface area contributed by atoms with Crippen molar-refractivity contribution in [2.75, 3.05) is 18.5 Å². The summed E-state index contributed by atoms with van der Waals surface area (Å²) < 4.78 is 10.3. The van der Waals surface area contributed by atoms with Crippen LogP contribution in [0.5, 0.6) is 5.75 Å². The molecule has 0 fully saturated rings. The summed E-state index contributed by atoms with van der Waals surface area (Å²) >= 11 is 0. The molecule has 1 aromatic heterocycles. The number of furan rings is 1. The standard InChI is InChI=1S/C22H21N3O5/c26-20(14-24-21(27)15-30-18-5-2-1-3-6-18)23-13-16-8-10-17(11-9-16)25-22(28)19-7-4-12-29-19/h1-12H,13-15H2,(H,23,26)(H,24,27)(H,25,28). The predicted octanol–water partition coefficient (Wildman–Crippen LogP) is 2.34. The van der Waals surface area contributed by atoms with Crippen LogP contribution in [0.25, 0.3) is 0 Å². The van der Waals surface area contributed by atoms with E-state index in [0.29, 0.717) is 18.0 Å². The minimum atomic E-state index is -0.384. The first kappa shape index (κ1) is 20.7. The number of carbonyl (C=O) groups is 3. The van der Waals surface area contributed by atoms with Gasteiger partial charge in [-0.1, -0.05) is 30.3 Å². The van der Waals surface area contributed by atoms with E-state index in [1.54, 1.807) is 60.7 Å². The highest BCUT2D eigenvalue weighted by Gasteiger charge is 2.09. The lowest BCUT2D eigenvalue weighted by Gasteiger charge is -2.09. The molecule has 0 saturated heterocycles. The Kier molecular flexibility index (Phi) is 7.21. The topological polar surface area (TPSA) is 110 Å². The number of para-hydroxylation sites is 1. The highest BCUT2D eigenvalue weighted by molar-refractivity contribution is 6.02. The predicted molar refractivity (Wildman–Crippen MR) is 110 cm³/mol. The number of hydrogen-bond acceptors (Lipinski definition) is 5. The van der Waals surface area contributed by atoms with E-state index in [1.165, 1.54) is 6.26 Å². The number of anilines is 1. The van der Waals surface area contributed by atoms with Gasteiger partial charge in [-0.25, -0.2) is 0 Å². The average Bonchev–Trinajstić information content (AvgIpc) is 3.32. The Balaban J connectivity index is 1.35. The summed E-state index contributed by atoms with van der Waals surface area (Å²) in [4.78, 5) is 35.6. The van der Waals surface area contributed by atoms with E-state index in [9.17, 15) is 14.4 Å². The average molecular weight is 407 g/mol. The molecule has 8 nitrogen and oxygen atoms in total. The first-order chi connectivity index (χ1) is 14.6. The van der Waals surface area contributed by atoms with Gasteiger partial charge in [0, 0.05) is 12.2 Å². The van der Waals surface area contributed by atoms with E-state index in [2.05, 4.69) is 16.0 Å². The zero-order valence-corrected chi connectivity index (χ0v) is 16.1. The van der Waals surface area contributed by atoms with Crippen molar-refractivity contribution in [1.82, 2.24) is 10.6 Å². The Morgan fingerprint density at radius 1 is 0.833 bits per heavy atom. The third kappa shape index (κ3) is 6.52. The number of amides is 3. The molecule has 3 rings (SSSR count). The van der Waals surface area contributed by atoms with Crippen LogP contribution in [0.15, 0.2) is 77.4 Å². The number of ether oxygens (including phenoxy) is 1. The molecule has 0 unspecified atom stereocenters. The van der Waals surface area contributed by atoms with Crippen LogP contribution in [0.2, 0.25) is 0 Å². The largest absolute Gasteiger partial charge is 0.484 e. The van der Waals surface area contributed by atoms with Gasteiger partial charge in [0.05, 0.1) is 12.8 Å². The van der Waals surface area contributed by atoms with E-state index in [0.717, 1.165) is 5.56 Å². The van der Waals surface area contributed by atoms with Gasteiger partial charge >= 0.3 is 0 Å². The van der Waals surface area contributed by atoms with Crippen LogP contribution in [0, 0.1) is 0 Å². The number of rotatable bonds is 9. The Morgan fingerprint density at radius 2 is 1.60 bits per heavy atom. The third-order valence-electron chi connectivity index (χ3n) is 4.01. The molecule has 1 heterocycles. The normalized spacial score (nSPS) is 10.1. The number of carbonyl (C=O) groups excluding carboxylic acids is 3. The highest BCUT2D eigenvalue weighted by Crippen LogP contribution is 2.12. The molecular weight excluding hydrogens is 386 g/mol. The van der Waals surface area contributed by atoms with Gasteiger partial charge in [0.25, 0.3) is 11.8 Å². The molecule has 0 aliphatic heterocycles. The smallest absolute Gasteiger partial charge is 0.291 e. The van der Waals surface area contributed by atoms with Crippen molar-refractivity contribution in [2.45, 2.75) is 6.54 Å². The van der Waals surface area contributed by atoms with Gasteiger partial charge in [0.2, 0.25) is 5.91 Å². The van der Waals surface area contributed by atoms with Crippen molar-refractivity contribution in [1.29, 1.82) is 0 Å². The lowest BCUT2D eigenvalue weighted by molar-refractivity contribution is -0.127. The van der Waals surface area contributed by atoms with Gasteiger partial charge in [0.1, 0.15) is 5.75 Å². The molecule has 8 heteroatoms. The molecule has 0 bridgehead atoms. The van der Waals surface area contributed by atoms with Gasteiger partial charge in [-0.2, -0.15) is 0 Å². The van der Waals surface area contributed by atoms with Crippen LogP contribution in [0.4, 0.5) is 5.69 Å². The zero-order valence-electron chi connectivity index (χ0n) is 16.1. The number of nitrogens with one attached hydrogen (secondary N) is 3. The van der Waals surface area contributed by atoms with Crippen LogP contribution >= 0.6 is 0 Å². The third-order valence-corrected chi connectivity index (χ3v) is 4.01. The summed E-state index contributed by atoms with van der Waals surface area (Å²) in [6, 6.07) is 19.2. The molecule has 3 N–H and O–H groups in total. The van der Waals surface area contributed by atoms with Gasteiger partial charge in [0.15, 0.2) is 12.4 Å². The zero-order chi connectivity index (χ0) is 21.2. The summed E-state index contributed by atoms with van der Waals surface area (Å²) in [7, 11) is 0. The minimum Gasteiger partial charge on any atom is -0.484 e. The van der Waals surface area contributed by atoms with Crippen LogP contribution in [0.1, 0.15) is 16.1 Å². The Bertz CT molecular complexity index is 970. The van der Waals surface area contributed by atoms with E-state index in [-0.39, 0.29) is 36.6 Å². The molecule has 3 aromatic rings.